The van der Waals surface area contributed by atoms with Gasteiger partial charge in [0.25, 0.3) is 0 Å². The predicted octanol–water partition coefficient (Wildman–Crippen LogP) is 1.35. The smallest absolute Gasteiger partial charge is 0.353 e. The zero-order valence-corrected chi connectivity index (χ0v) is 18.3. The molecule has 3 heterocycles. The molecule has 2 aromatic rings. The fourth-order valence-electron chi connectivity index (χ4n) is 4.91. The molecule has 31 heavy (non-hydrogen) atoms. The van der Waals surface area contributed by atoms with E-state index in [0.717, 1.165) is 39.1 Å². The van der Waals surface area contributed by atoms with Crippen molar-refractivity contribution in [2.24, 2.45) is 11.8 Å². The van der Waals surface area contributed by atoms with E-state index < -0.39 is 4.92 Å². The van der Waals surface area contributed by atoms with Gasteiger partial charge in [0.2, 0.25) is 17.6 Å². The first-order valence-corrected chi connectivity index (χ1v) is 11.1. The van der Waals surface area contributed by atoms with Crippen LogP contribution < -0.4 is 20.4 Å². The molecule has 4 rings (SSSR count). The summed E-state index contributed by atoms with van der Waals surface area (Å²) >= 11 is 0. The molecule has 0 amide bonds. The van der Waals surface area contributed by atoms with E-state index in [1.165, 1.54) is 10.5 Å². The number of nitro groups is 1. The molecule has 0 unspecified atom stereocenters. The molecule has 0 bridgehead atoms. The number of nitrogens with zero attached hydrogens (tertiary/aromatic N) is 5. The van der Waals surface area contributed by atoms with Crippen LogP contribution in [0.3, 0.4) is 0 Å². The molecule has 2 aliphatic heterocycles. The fourth-order valence-corrected chi connectivity index (χ4v) is 4.91. The number of nitrogens with two attached hydrogens (primary N) is 1. The molecular weight excluding hydrogens is 394 g/mol. The van der Waals surface area contributed by atoms with Crippen LogP contribution >= 0.6 is 0 Å². The summed E-state index contributed by atoms with van der Waals surface area (Å²) in [4.78, 5) is 26.0. The summed E-state index contributed by atoms with van der Waals surface area (Å²) in [5, 5.41) is 11.8. The van der Waals surface area contributed by atoms with Crippen LogP contribution in [0.4, 0.5) is 23.3 Å². The van der Waals surface area contributed by atoms with Crippen molar-refractivity contribution in [1.82, 2.24) is 9.97 Å². The first-order valence-electron chi connectivity index (χ1n) is 11.1. The maximum atomic E-state index is 11.8. The minimum atomic E-state index is -0.445. The molecular formula is C22H32N7O2+. The number of piperidine rings is 1. The van der Waals surface area contributed by atoms with E-state index in [0.29, 0.717) is 36.7 Å². The lowest BCUT2D eigenvalue weighted by Gasteiger charge is -2.36. The highest BCUT2D eigenvalue weighted by molar-refractivity contribution is 5.71. The van der Waals surface area contributed by atoms with Crippen molar-refractivity contribution in [3.8, 4) is 0 Å². The summed E-state index contributed by atoms with van der Waals surface area (Å²) in [7, 11) is 0. The summed E-state index contributed by atoms with van der Waals surface area (Å²) in [6, 6.07) is 10.4. The Morgan fingerprint density at radius 2 is 1.74 bits per heavy atom. The molecule has 0 aliphatic carbocycles. The van der Waals surface area contributed by atoms with Crippen molar-refractivity contribution in [3.05, 3.63) is 46.0 Å². The number of hydrogen-bond acceptors (Lipinski definition) is 7. The van der Waals surface area contributed by atoms with Crippen LogP contribution in [0.1, 0.15) is 25.8 Å². The number of nitrogens with one attached hydrogen (secondary N) is 1. The van der Waals surface area contributed by atoms with Crippen LogP contribution in [0.15, 0.2) is 30.3 Å². The third-order valence-electron chi connectivity index (χ3n) is 6.28. The number of piperazine rings is 1. The van der Waals surface area contributed by atoms with Gasteiger partial charge in [-0.2, -0.15) is 9.97 Å². The number of quaternary nitrogens is 1. The van der Waals surface area contributed by atoms with Gasteiger partial charge in [0.15, 0.2) is 0 Å². The van der Waals surface area contributed by atoms with E-state index >= 15 is 0 Å². The van der Waals surface area contributed by atoms with Crippen molar-refractivity contribution in [2.45, 2.75) is 26.8 Å². The molecule has 3 N–H and O–H groups in total. The molecule has 2 saturated heterocycles. The molecule has 9 nitrogen and oxygen atoms in total. The third-order valence-corrected chi connectivity index (χ3v) is 6.28. The molecule has 1 aromatic carbocycles. The van der Waals surface area contributed by atoms with E-state index in [9.17, 15) is 10.1 Å². The molecule has 166 valence electrons. The molecule has 0 saturated carbocycles. The van der Waals surface area contributed by atoms with E-state index in [1.54, 1.807) is 0 Å². The Morgan fingerprint density at radius 1 is 1.10 bits per heavy atom. The van der Waals surface area contributed by atoms with Crippen molar-refractivity contribution in [3.63, 3.8) is 0 Å². The Hall–Kier alpha value is -2.94. The standard InChI is InChI=1S/C22H31N7O2/c1-16-12-17(2)14-28(13-16)22-24-20(23)19(29(30)31)21(25-22)27-10-8-26(9-11-27)15-18-6-4-3-5-7-18/h3-7,16-17H,8-15H2,1-2H3,(H2,23,24,25)/p+1/t16-,17+. The number of hydrogen-bond donors (Lipinski definition) is 2. The van der Waals surface area contributed by atoms with Gasteiger partial charge >= 0.3 is 5.69 Å². The summed E-state index contributed by atoms with van der Waals surface area (Å²) in [6.07, 6.45) is 1.16. The average molecular weight is 427 g/mol. The first-order chi connectivity index (χ1) is 14.9. The zero-order chi connectivity index (χ0) is 22.0. The topological polar surface area (TPSA) is 106 Å². The maximum Gasteiger partial charge on any atom is 0.353 e. The largest absolute Gasteiger partial charge is 0.378 e. The highest BCUT2D eigenvalue weighted by Crippen LogP contribution is 2.34. The number of anilines is 3. The van der Waals surface area contributed by atoms with Crippen molar-refractivity contribution < 1.29 is 9.82 Å². The van der Waals surface area contributed by atoms with E-state index in [4.69, 9.17) is 5.73 Å². The number of nitrogen functional groups attached to an aromatic ring is 1. The van der Waals surface area contributed by atoms with Crippen LogP contribution in [-0.4, -0.2) is 54.2 Å². The highest BCUT2D eigenvalue weighted by Gasteiger charge is 2.33. The van der Waals surface area contributed by atoms with Gasteiger partial charge in [0.1, 0.15) is 6.54 Å². The molecule has 1 aromatic heterocycles. The second-order valence-electron chi connectivity index (χ2n) is 9.09. The van der Waals surface area contributed by atoms with Gasteiger partial charge < -0.3 is 20.4 Å². The van der Waals surface area contributed by atoms with Gasteiger partial charge in [0.05, 0.1) is 31.1 Å². The summed E-state index contributed by atoms with van der Waals surface area (Å²) < 4.78 is 0. The van der Waals surface area contributed by atoms with Crippen LogP contribution in [0.2, 0.25) is 0 Å². The van der Waals surface area contributed by atoms with Gasteiger partial charge in [-0.1, -0.05) is 44.2 Å². The fraction of sp³-hybridized carbons (Fsp3) is 0.545. The monoisotopic (exact) mass is 426 g/mol. The molecule has 9 heteroatoms. The molecule has 2 fully saturated rings. The SMILES string of the molecule is C[C@@H]1C[C@H](C)CN(c2nc(N)c([N+](=O)[O-])c(N3CC[NH+](Cc4ccccc4)CC3)n2)C1. The minimum Gasteiger partial charge on any atom is -0.378 e. The Bertz CT molecular complexity index is 906. The second kappa shape index (κ2) is 9.05. The van der Waals surface area contributed by atoms with Crippen molar-refractivity contribution >= 4 is 23.3 Å². The summed E-state index contributed by atoms with van der Waals surface area (Å²) in [5.41, 5.74) is 7.22. The average Bonchev–Trinajstić information content (AvgIpc) is 2.73. The summed E-state index contributed by atoms with van der Waals surface area (Å²) in [5.74, 6) is 1.87. The first kappa shape index (κ1) is 21.3. The lowest BCUT2D eigenvalue weighted by atomic mass is 9.92. The third kappa shape index (κ3) is 4.87. The van der Waals surface area contributed by atoms with Gasteiger partial charge in [-0.25, -0.2) is 0 Å². The molecule has 2 aliphatic rings. The van der Waals surface area contributed by atoms with Crippen molar-refractivity contribution in [2.75, 3.05) is 54.8 Å². The predicted molar refractivity (Wildman–Crippen MR) is 121 cm³/mol. The van der Waals surface area contributed by atoms with Crippen LogP contribution in [-0.2, 0) is 6.54 Å². The van der Waals surface area contributed by atoms with Crippen LogP contribution in [0, 0.1) is 22.0 Å². The van der Waals surface area contributed by atoms with E-state index in [2.05, 4.69) is 53.0 Å². The Labute approximate surface area is 183 Å². The molecule has 2 atom stereocenters. The normalized spacial score (nSPS) is 22.5. The lowest BCUT2D eigenvalue weighted by Crippen LogP contribution is -3.13. The quantitative estimate of drug-likeness (QED) is 0.549. The van der Waals surface area contributed by atoms with Crippen LogP contribution in [0.25, 0.3) is 0 Å². The number of benzene rings is 1. The second-order valence-corrected chi connectivity index (χ2v) is 9.09. The molecule has 0 spiro atoms. The Kier molecular flexibility index (Phi) is 6.22. The zero-order valence-electron chi connectivity index (χ0n) is 18.3. The number of rotatable bonds is 5. The van der Waals surface area contributed by atoms with E-state index in [-0.39, 0.29) is 11.5 Å². The Balaban J connectivity index is 1.54. The number of aromatic nitrogens is 2. The van der Waals surface area contributed by atoms with Gasteiger partial charge in [0, 0.05) is 18.7 Å². The van der Waals surface area contributed by atoms with Gasteiger partial charge in [-0.05, 0) is 18.3 Å². The minimum absolute atomic E-state index is 0.0464. The Morgan fingerprint density at radius 3 is 2.35 bits per heavy atom. The lowest BCUT2D eigenvalue weighted by molar-refractivity contribution is -0.914. The summed E-state index contributed by atoms with van der Waals surface area (Å²) in [6.45, 7) is 10.3. The van der Waals surface area contributed by atoms with Crippen molar-refractivity contribution in [1.29, 1.82) is 0 Å². The van der Waals surface area contributed by atoms with Gasteiger partial charge in [-0.15, -0.1) is 0 Å². The molecule has 0 radical (unpaired) electrons. The highest BCUT2D eigenvalue weighted by atomic mass is 16.6. The van der Waals surface area contributed by atoms with Crippen LogP contribution in [0.5, 0.6) is 0 Å². The van der Waals surface area contributed by atoms with E-state index in [1.807, 2.05) is 11.0 Å². The van der Waals surface area contributed by atoms with Gasteiger partial charge in [-0.3, -0.25) is 10.1 Å². The maximum absolute atomic E-state index is 11.8.